The summed E-state index contributed by atoms with van der Waals surface area (Å²) in [7, 11) is 0. The molecule has 0 aliphatic heterocycles. The van der Waals surface area contributed by atoms with Crippen LogP contribution in [0.4, 0.5) is 0 Å². The molecule has 0 amide bonds. The van der Waals surface area contributed by atoms with Gasteiger partial charge < -0.3 is 0 Å². The highest BCUT2D eigenvalue weighted by molar-refractivity contribution is 5.78. The molecule has 0 spiro atoms. The van der Waals surface area contributed by atoms with Crippen molar-refractivity contribution >= 4 is 6.29 Å². The van der Waals surface area contributed by atoms with E-state index in [1.54, 1.807) is 0 Å². The molecule has 0 saturated carbocycles. The van der Waals surface area contributed by atoms with Gasteiger partial charge in [-0.2, -0.15) is 0 Å². The van der Waals surface area contributed by atoms with Crippen molar-refractivity contribution in [3.63, 3.8) is 0 Å². The minimum absolute atomic E-state index is 0.893. The van der Waals surface area contributed by atoms with Gasteiger partial charge >= 0.3 is 0 Å². The Morgan fingerprint density at radius 3 is 1.37 bits per heavy atom. The van der Waals surface area contributed by atoms with Gasteiger partial charge in [0.15, 0.2) is 0 Å². The highest BCUT2D eigenvalue weighted by atomic mass is 16.1. The molecule has 1 rings (SSSR count). The Kier molecular flexibility index (Phi) is 20.6. The van der Waals surface area contributed by atoms with Crippen LogP contribution in [0.15, 0.2) is 12.1 Å². The van der Waals surface area contributed by atoms with E-state index in [9.17, 15) is 4.79 Å². The maximum absolute atomic E-state index is 11.8. The maximum atomic E-state index is 11.8. The average Bonchev–Trinajstić information content (AvgIpc) is 2.87. The maximum Gasteiger partial charge on any atom is 0.150 e. The molecule has 0 radical (unpaired) electrons. The molecule has 1 aromatic rings. The fraction of sp³-hybridized carbons (Fsp3) is 0.735. The van der Waals surface area contributed by atoms with Gasteiger partial charge in [0.2, 0.25) is 0 Å². The zero-order chi connectivity index (χ0) is 25.4. The largest absolute Gasteiger partial charge is 0.298 e. The van der Waals surface area contributed by atoms with Gasteiger partial charge in [-0.1, -0.05) is 135 Å². The first-order valence-corrected chi connectivity index (χ1v) is 15.3. The van der Waals surface area contributed by atoms with Gasteiger partial charge in [0.1, 0.15) is 6.29 Å². The molecule has 0 bridgehead atoms. The van der Waals surface area contributed by atoms with Crippen molar-refractivity contribution < 1.29 is 4.79 Å². The monoisotopic (exact) mass is 480 g/mol. The molecule has 0 atom stereocenters. The fourth-order valence-corrected chi connectivity index (χ4v) is 5.10. The summed E-state index contributed by atoms with van der Waals surface area (Å²) in [5.41, 5.74) is 4.51. The number of aldehydes is 1. The summed E-state index contributed by atoms with van der Waals surface area (Å²) in [5.74, 6) is 6.43. The van der Waals surface area contributed by atoms with E-state index in [2.05, 4.69) is 37.8 Å². The third-order valence-electron chi connectivity index (χ3n) is 7.35. The van der Waals surface area contributed by atoms with Crippen molar-refractivity contribution in [1.29, 1.82) is 0 Å². The van der Waals surface area contributed by atoms with Crippen molar-refractivity contribution in [1.82, 2.24) is 0 Å². The van der Waals surface area contributed by atoms with Crippen molar-refractivity contribution in [2.45, 2.75) is 162 Å². The number of rotatable bonds is 23. The van der Waals surface area contributed by atoms with E-state index in [1.165, 1.54) is 140 Å². The Balaban J connectivity index is 2.37. The van der Waals surface area contributed by atoms with Crippen molar-refractivity contribution in [3.8, 4) is 11.8 Å². The Morgan fingerprint density at radius 2 is 0.971 bits per heavy atom. The molecule has 198 valence electrons. The lowest BCUT2D eigenvalue weighted by Gasteiger charge is -2.12. The van der Waals surface area contributed by atoms with Gasteiger partial charge in [-0.05, 0) is 55.9 Å². The summed E-state index contributed by atoms with van der Waals surface area (Å²) >= 11 is 0. The molecule has 0 saturated heterocycles. The third kappa shape index (κ3) is 15.9. The van der Waals surface area contributed by atoms with E-state index in [4.69, 9.17) is 0 Å². The lowest BCUT2D eigenvalue weighted by molar-refractivity contribution is 0.112. The van der Waals surface area contributed by atoms with Crippen LogP contribution in [0.1, 0.15) is 176 Å². The molecule has 0 fully saturated rings. The Morgan fingerprint density at radius 1 is 0.571 bits per heavy atom. The van der Waals surface area contributed by atoms with Gasteiger partial charge in [-0.3, -0.25) is 4.79 Å². The van der Waals surface area contributed by atoms with Crippen molar-refractivity contribution in [3.05, 3.63) is 34.4 Å². The molecule has 0 heterocycles. The summed E-state index contributed by atoms with van der Waals surface area (Å²) in [6.45, 7) is 6.47. The minimum Gasteiger partial charge on any atom is -0.298 e. The van der Waals surface area contributed by atoms with E-state index in [0.717, 1.165) is 30.3 Å². The van der Waals surface area contributed by atoms with E-state index < -0.39 is 0 Å². The number of unbranched alkanes of at least 4 members (excludes halogenated alkanes) is 18. The van der Waals surface area contributed by atoms with Gasteiger partial charge in [-0.25, -0.2) is 0 Å². The smallest absolute Gasteiger partial charge is 0.150 e. The molecular weight excluding hydrogens is 424 g/mol. The topological polar surface area (TPSA) is 17.1 Å². The van der Waals surface area contributed by atoms with Gasteiger partial charge in [-0.15, -0.1) is 5.92 Å². The molecule has 1 nitrogen and oxygen atoms in total. The zero-order valence-electron chi connectivity index (χ0n) is 23.7. The summed E-state index contributed by atoms with van der Waals surface area (Å²) in [5, 5.41) is 0. The first-order chi connectivity index (χ1) is 17.3. The molecule has 0 aromatic heterocycles. The second-order valence-electron chi connectivity index (χ2n) is 10.6. The lowest BCUT2D eigenvalue weighted by atomic mass is 9.92. The Hall–Kier alpha value is -1.55. The van der Waals surface area contributed by atoms with E-state index in [1.807, 2.05) is 6.92 Å². The highest BCUT2D eigenvalue weighted by Crippen LogP contribution is 2.21. The minimum atomic E-state index is 0.893. The molecular formula is C34H56O. The normalized spacial score (nSPS) is 10.8. The molecule has 1 heteroatoms. The van der Waals surface area contributed by atoms with Crippen LogP contribution in [-0.2, 0) is 12.8 Å². The van der Waals surface area contributed by atoms with E-state index in [-0.39, 0.29) is 0 Å². The predicted molar refractivity (Wildman–Crippen MR) is 155 cm³/mol. The summed E-state index contributed by atoms with van der Waals surface area (Å²) in [6.07, 6.45) is 30.1. The number of hydrogen-bond acceptors (Lipinski definition) is 1. The SMILES string of the molecule is CC#Cc1cc(CCCCCCCCCCCC)c(C=O)cc1CCCCCCCCCCCC. The Labute approximate surface area is 219 Å². The number of benzene rings is 1. The van der Waals surface area contributed by atoms with Crippen LogP contribution in [0.3, 0.4) is 0 Å². The summed E-state index contributed by atoms with van der Waals surface area (Å²) in [4.78, 5) is 11.8. The summed E-state index contributed by atoms with van der Waals surface area (Å²) < 4.78 is 0. The molecule has 0 unspecified atom stereocenters. The van der Waals surface area contributed by atoms with Crippen molar-refractivity contribution in [2.24, 2.45) is 0 Å². The zero-order valence-corrected chi connectivity index (χ0v) is 23.7. The molecule has 0 N–H and O–H groups in total. The second kappa shape index (κ2) is 22.9. The van der Waals surface area contributed by atoms with E-state index >= 15 is 0 Å². The summed E-state index contributed by atoms with van der Waals surface area (Å²) in [6, 6.07) is 4.37. The van der Waals surface area contributed by atoms with Crippen molar-refractivity contribution in [2.75, 3.05) is 0 Å². The number of carbonyl (C=O) groups excluding carboxylic acids is 1. The quantitative estimate of drug-likeness (QED) is 0.0864. The molecule has 0 aliphatic carbocycles. The van der Waals surface area contributed by atoms with Gasteiger partial charge in [0.05, 0.1) is 0 Å². The predicted octanol–water partition coefficient (Wildman–Crippen LogP) is 10.8. The van der Waals surface area contributed by atoms with E-state index in [0.29, 0.717) is 0 Å². The van der Waals surface area contributed by atoms with Crippen LogP contribution in [-0.4, -0.2) is 6.29 Å². The second-order valence-corrected chi connectivity index (χ2v) is 10.6. The molecule has 35 heavy (non-hydrogen) atoms. The number of carbonyl (C=O) groups is 1. The highest BCUT2D eigenvalue weighted by Gasteiger charge is 2.09. The lowest BCUT2D eigenvalue weighted by Crippen LogP contribution is -2.00. The number of hydrogen-bond donors (Lipinski definition) is 0. The number of aryl methyl sites for hydroxylation is 2. The van der Waals surface area contributed by atoms with Gasteiger partial charge in [0, 0.05) is 11.1 Å². The fourth-order valence-electron chi connectivity index (χ4n) is 5.10. The van der Waals surface area contributed by atoms with Crippen LogP contribution < -0.4 is 0 Å². The first-order valence-electron chi connectivity index (χ1n) is 15.3. The Bertz CT molecular complexity index is 705. The standard InChI is InChI=1S/C34H56O/c1-4-7-9-11-13-15-17-19-21-23-26-32-29-34(30-35)33(28-31(32)25-6-3)27-24-22-20-18-16-14-12-10-8-5-2/h28-30H,4-5,7-24,26-27H2,1-3H3. The van der Waals surface area contributed by atoms with Crippen LogP contribution in [0.2, 0.25) is 0 Å². The third-order valence-corrected chi connectivity index (χ3v) is 7.35. The van der Waals surface area contributed by atoms with Crippen LogP contribution in [0.25, 0.3) is 0 Å². The molecule has 1 aromatic carbocycles. The average molecular weight is 481 g/mol. The van der Waals surface area contributed by atoms with Crippen LogP contribution >= 0.6 is 0 Å². The van der Waals surface area contributed by atoms with Crippen LogP contribution in [0.5, 0.6) is 0 Å². The van der Waals surface area contributed by atoms with Crippen LogP contribution in [0, 0.1) is 11.8 Å². The van der Waals surface area contributed by atoms with Gasteiger partial charge in [0.25, 0.3) is 0 Å². The molecule has 0 aliphatic rings. The first kappa shape index (κ1) is 31.5.